The topological polar surface area (TPSA) is 40.8 Å². The molecule has 1 fully saturated rings. The molecular formula is C13H19N3. The van der Waals surface area contributed by atoms with Crippen molar-refractivity contribution in [1.29, 1.82) is 5.26 Å². The predicted molar refractivity (Wildman–Crippen MR) is 63.8 cm³/mol. The summed E-state index contributed by atoms with van der Waals surface area (Å²) in [5, 5.41) is 12.3. The first-order valence-corrected chi connectivity index (χ1v) is 6.05. The molecule has 16 heavy (non-hydrogen) atoms. The number of rotatable bonds is 4. The Hall–Kier alpha value is -1.27. The summed E-state index contributed by atoms with van der Waals surface area (Å²) in [6.07, 6.45) is 7.59. The number of nitrogens with one attached hydrogen (secondary N) is 1. The van der Waals surface area contributed by atoms with Gasteiger partial charge < -0.3 is 9.88 Å². The summed E-state index contributed by atoms with van der Waals surface area (Å²) in [6, 6.07) is 4.14. The Morgan fingerprint density at radius 1 is 1.50 bits per heavy atom. The van der Waals surface area contributed by atoms with Crippen molar-refractivity contribution >= 4 is 0 Å². The number of nitriles is 1. The third-order valence-electron chi connectivity index (χ3n) is 3.41. The van der Waals surface area contributed by atoms with Crippen molar-refractivity contribution < 1.29 is 0 Å². The Morgan fingerprint density at radius 3 is 2.88 bits per heavy atom. The second-order valence-corrected chi connectivity index (χ2v) is 4.74. The zero-order chi connectivity index (χ0) is 11.4. The third-order valence-corrected chi connectivity index (χ3v) is 3.41. The zero-order valence-corrected chi connectivity index (χ0v) is 9.87. The van der Waals surface area contributed by atoms with E-state index in [9.17, 15) is 0 Å². The van der Waals surface area contributed by atoms with Gasteiger partial charge in [0, 0.05) is 19.8 Å². The maximum Gasteiger partial charge on any atom is 0.120 e. The molecule has 0 atom stereocenters. The van der Waals surface area contributed by atoms with Crippen LogP contribution in [0.15, 0.2) is 12.3 Å². The van der Waals surface area contributed by atoms with E-state index in [1.807, 2.05) is 23.9 Å². The van der Waals surface area contributed by atoms with Gasteiger partial charge >= 0.3 is 0 Å². The van der Waals surface area contributed by atoms with E-state index < -0.39 is 0 Å². The molecule has 86 valence electrons. The molecule has 1 aliphatic carbocycles. The molecule has 3 nitrogen and oxygen atoms in total. The van der Waals surface area contributed by atoms with Gasteiger partial charge in [-0.05, 0) is 36.9 Å². The highest BCUT2D eigenvalue weighted by Gasteiger charge is 2.14. The smallest absolute Gasteiger partial charge is 0.120 e. The lowest BCUT2D eigenvalue weighted by Crippen LogP contribution is -2.20. The Morgan fingerprint density at radius 2 is 2.25 bits per heavy atom. The van der Waals surface area contributed by atoms with Crippen molar-refractivity contribution in [2.24, 2.45) is 13.0 Å². The SMILES string of the molecule is Cn1cc(CNCC2CCCC2)cc1C#N. The van der Waals surface area contributed by atoms with Crippen LogP contribution in [-0.4, -0.2) is 11.1 Å². The molecule has 1 aromatic rings. The van der Waals surface area contributed by atoms with Crippen LogP contribution in [-0.2, 0) is 13.6 Å². The van der Waals surface area contributed by atoms with Crippen LogP contribution >= 0.6 is 0 Å². The molecule has 0 bridgehead atoms. The number of hydrogen-bond donors (Lipinski definition) is 1. The molecule has 0 amide bonds. The summed E-state index contributed by atoms with van der Waals surface area (Å²) in [5.41, 5.74) is 1.94. The summed E-state index contributed by atoms with van der Waals surface area (Å²) in [7, 11) is 1.92. The maximum atomic E-state index is 8.84. The van der Waals surface area contributed by atoms with Gasteiger partial charge in [-0.2, -0.15) is 5.26 Å². The van der Waals surface area contributed by atoms with Crippen LogP contribution in [0.1, 0.15) is 36.9 Å². The first kappa shape index (κ1) is 11.2. The first-order chi connectivity index (χ1) is 7.79. The zero-order valence-electron chi connectivity index (χ0n) is 9.87. The van der Waals surface area contributed by atoms with Crippen molar-refractivity contribution in [3.05, 3.63) is 23.5 Å². The molecule has 0 aliphatic heterocycles. The standard InChI is InChI=1S/C13H19N3/c1-16-10-12(6-13(16)7-14)9-15-8-11-4-2-3-5-11/h6,10-11,15H,2-5,8-9H2,1H3. The van der Waals surface area contributed by atoms with Crippen LogP contribution in [0.25, 0.3) is 0 Å². The molecular weight excluding hydrogens is 198 g/mol. The minimum atomic E-state index is 0.734. The van der Waals surface area contributed by atoms with Crippen LogP contribution in [0.5, 0.6) is 0 Å². The number of aromatic nitrogens is 1. The third kappa shape index (κ3) is 2.65. The quantitative estimate of drug-likeness (QED) is 0.839. The summed E-state index contributed by atoms with van der Waals surface area (Å²) < 4.78 is 1.88. The van der Waals surface area contributed by atoms with Gasteiger partial charge in [0.05, 0.1) is 0 Å². The van der Waals surface area contributed by atoms with Gasteiger partial charge in [-0.25, -0.2) is 0 Å². The van der Waals surface area contributed by atoms with E-state index >= 15 is 0 Å². The van der Waals surface area contributed by atoms with Gasteiger partial charge in [0.2, 0.25) is 0 Å². The van der Waals surface area contributed by atoms with Crippen LogP contribution in [0, 0.1) is 17.2 Å². The molecule has 0 aromatic carbocycles. The van der Waals surface area contributed by atoms with Crippen LogP contribution in [0.3, 0.4) is 0 Å². The molecule has 0 spiro atoms. The molecule has 1 aromatic heterocycles. The number of hydrogen-bond acceptors (Lipinski definition) is 2. The summed E-state index contributed by atoms with van der Waals surface area (Å²) in [4.78, 5) is 0. The minimum absolute atomic E-state index is 0.734. The Kier molecular flexibility index (Phi) is 3.63. The van der Waals surface area contributed by atoms with E-state index in [2.05, 4.69) is 11.4 Å². The number of aryl methyl sites for hydroxylation is 1. The van der Waals surface area contributed by atoms with Gasteiger partial charge in [0.25, 0.3) is 0 Å². The van der Waals surface area contributed by atoms with Crippen molar-refractivity contribution in [1.82, 2.24) is 9.88 Å². The normalized spacial score (nSPS) is 16.5. The maximum absolute atomic E-state index is 8.84. The molecule has 2 rings (SSSR count). The second-order valence-electron chi connectivity index (χ2n) is 4.74. The average Bonchev–Trinajstić information content (AvgIpc) is 2.88. The predicted octanol–water partition coefficient (Wildman–Crippen LogP) is 2.18. The highest BCUT2D eigenvalue weighted by Crippen LogP contribution is 2.23. The molecule has 3 heteroatoms. The summed E-state index contributed by atoms with van der Waals surface area (Å²) in [5.74, 6) is 0.874. The first-order valence-electron chi connectivity index (χ1n) is 6.05. The van der Waals surface area contributed by atoms with Crippen LogP contribution in [0.2, 0.25) is 0 Å². The molecule has 0 radical (unpaired) electrons. The monoisotopic (exact) mass is 217 g/mol. The Balaban J connectivity index is 1.78. The lowest BCUT2D eigenvalue weighted by Gasteiger charge is -2.09. The van der Waals surface area contributed by atoms with E-state index in [1.165, 1.54) is 31.2 Å². The van der Waals surface area contributed by atoms with Gasteiger partial charge in [0.15, 0.2) is 0 Å². The number of nitrogens with zero attached hydrogens (tertiary/aromatic N) is 2. The summed E-state index contributed by atoms with van der Waals surface area (Å²) >= 11 is 0. The highest BCUT2D eigenvalue weighted by molar-refractivity contribution is 5.28. The lowest BCUT2D eigenvalue weighted by atomic mass is 10.1. The van der Waals surface area contributed by atoms with Gasteiger partial charge in [-0.15, -0.1) is 0 Å². The minimum Gasteiger partial charge on any atom is -0.342 e. The van der Waals surface area contributed by atoms with Gasteiger partial charge in [-0.3, -0.25) is 0 Å². The second kappa shape index (κ2) is 5.18. The fourth-order valence-corrected chi connectivity index (χ4v) is 2.48. The molecule has 0 saturated heterocycles. The van der Waals surface area contributed by atoms with Crippen molar-refractivity contribution in [3.8, 4) is 6.07 Å². The van der Waals surface area contributed by atoms with E-state index in [4.69, 9.17) is 5.26 Å². The Bertz CT molecular complexity index is 380. The van der Waals surface area contributed by atoms with E-state index in [0.29, 0.717) is 0 Å². The average molecular weight is 217 g/mol. The van der Waals surface area contributed by atoms with Crippen molar-refractivity contribution in [2.75, 3.05) is 6.54 Å². The largest absolute Gasteiger partial charge is 0.342 e. The molecule has 1 heterocycles. The molecule has 0 unspecified atom stereocenters. The van der Waals surface area contributed by atoms with Crippen molar-refractivity contribution in [2.45, 2.75) is 32.2 Å². The van der Waals surface area contributed by atoms with Gasteiger partial charge in [-0.1, -0.05) is 12.8 Å². The fourth-order valence-electron chi connectivity index (χ4n) is 2.48. The lowest BCUT2D eigenvalue weighted by molar-refractivity contribution is 0.489. The Labute approximate surface area is 97.1 Å². The van der Waals surface area contributed by atoms with E-state index in [1.54, 1.807) is 0 Å². The molecule has 1 saturated carbocycles. The fraction of sp³-hybridized carbons (Fsp3) is 0.615. The van der Waals surface area contributed by atoms with Crippen LogP contribution < -0.4 is 5.32 Å². The highest BCUT2D eigenvalue weighted by atomic mass is 14.9. The molecule has 1 N–H and O–H groups in total. The summed E-state index contributed by atoms with van der Waals surface area (Å²) in [6.45, 7) is 2.00. The van der Waals surface area contributed by atoms with E-state index in [0.717, 1.165) is 24.7 Å². The van der Waals surface area contributed by atoms with E-state index in [-0.39, 0.29) is 0 Å². The molecule has 1 aliphatic rings. The van der Waals surface area contributed by atoms with Gasteiger partial charge in [0.1, 0.15) is 11.8 Å². The van der Waals surface area contributed by atoms with Crippen molar-refractivity contribution in [3.63, 3.8) is 0 Å². The van der Waals surface area contributed by atoms with Crippen LogP contribution in [0.4, 0.5) is 0 Å².